The lowest BCUT2D eigenvalue weighted by Crippen LogP contribution is -2.33. The Morgan fingerprint density at radius 3 is 2.05 bits per heavy atom. The normalized spacial score (nSPS) is 11.3. The van der Waals surface area contributed by atoms with Gasteiger partial charge in [0.15, 0.2) is 0 Å². The number of carbonyl (C=O) groups excluding carboxylic acids is 2. The maximum atomic E-state index is 13.0. The minimum atomic E-state index is -0.562. The molecule has 0 spiro atoms. The Labute approximate surface area is 223 Å². The predicted octanol–water partition coefficient (Wildman–Crippen LogP) is 5.17. The molecule has 2 N–H and O–H groups in total. The smallest absolute Gasteiger partial charge is 0.287 e. The van der Waals surface area contributed by atoms with Crippen LogP contribution in [0.1, 0.15) is 35.3 Å². The lowest BCUT2D eigenvalue weighted by Gasteiger charge is -2.20. The van der Waals surface area contributed by atoms with Crippen molar-refractivity contribution in [3.05, 3.63) is 100 Å². The Balaban J connectivity index is 1.79. The Hall–Kier alpha value is -4.10. The summed E-state index contributed by atoms with van der Waals surface area (Å²) in [6.07, 6.45) is 3.15. The minimum Gasteiger partial charge on any atom is -0.378 e. The summed E-state index contributed by atoms with van der Waals surface area (Å²) >= 11 is 6.18. The first-order valence-electron chi connectivity index (χ1n) is 12.1. The summed E-state index contributed by atoms with van der Waals surface area (Å²) < 4.78 is 0. The van der Waals surface area contributed by atoms with Gasteiger partial charge in [0.25, 0.3) is 11.8 Å². The molecule has 0 radical (unpaired) electrons. The van der Waals surface area contributed by atoms with E-state index in [1.54, 1.807) is 36.6 Å². The Morgan fingerprint density at radius 1 is 0.865 bits per heavy atom. The summed E-state index contributed by atoms with van der Waals surface area (Å²) in [5, 5.41) is 7.06. The van der Waals surface area contributed by atoms with Gasteiger partial charge >= 0.3 is 0 Å². The van der Waals surface area contributed by atoms with E-state index in [0.29, 0.717) is 5.02 Å². The predicted molar refractivity (Wildman–Crippen MR) is 153 cm³/mol. The number of hydrogen-bond donors (Lipinski definition) is 2. The van der Waals surface area contributed by atoms with Gasteiger partial charge in [-0.2, -0.15) is 5.10 Å². The second kappa shape index (κ2) is 13.3. The average Bonchev–Trinajstić information content (AvgIpc) is 2.90. The fraction of sp³-hybridized carbons (Fsp3) is 0.207. The third kappa shape index (κ3) is 7.69. The molecule has 0 aliphatic carbocycles. The van der Waals surface area contributed by atoms with Gasteiger partial charge in [-0.15, -0.1) is 0 Å². The van der Waals surface area contributed by atoms with E-state index in [1.165, 1.54) is 0 Å². The molecule has 3 rings (SSSR count). The quantitative estimate of drug-likeness (QED) is 0.221. The number of halogens is 1. The fourth-order valence-electron chi connectivity index (χ4n) is 3.61. The summed E-state index contributed by atoms with van der Waals surface area (Å²) in [5.41, 5.74) is 6.53. The summed E-state index contributed by atoms with van der Waals surface area (Å²) in [6.45, 7) is 6.07. The first-order valence-corrected chi connectivity index (χ1v) is 12.4. The topological polar surface area (TPSA) is 77.0 Å². The van der Waals surface area contributed by atoms with E-state index in [9.17, 15) is 9.59 Å². The average molecular weight is 518 g/mol. The van der Waals surface area contributed by atoms with Crippen molar-refractivity contribution < 1.29 is 9.59 Å². The molecule has 0 aliphatic rings. The molecule has 0 aromatic heterocycles. The standard InChI is InChI=1S/C29H32ClN5O2/c1-5-35(6-2)24-17-13-22(14-18-24)20-31-33-29(37)27(19-21-11-15-23(16-12-21)34(3)4)32-28(36)25-9-7-8-10-26(25)30/h7-20H,5-6H2,1-4H3,(H,32,36)(H,33,37)/b27-19+,31-20+. The van der Waals surface area contributed by atoms with Crippen molar-refractivity contribution in [3.8, 4) is 0 Å². The van der Waals surface area contributed by atoms with E-state index in [-0.39, 0.29) is 11.3 Å². The molecule has 0 aliphatic heterocycles. The highest BCUT2D eigenvalue weighted by molar-refractivity contribution is 6.34. The highest BCUT2D eigenvalue weighted by Crippen LogP contribution is 2.17. The monoisotopic (exact) mass is 517 g/mol. The summed E-state index contributed by atoms with van der Waals surface area (Å²) in [4.78, 5) is 30.1. The zero-order valence-corrected chi connectivity index (χ0v) is 22.3. The molecule has 0 heterocycles. The van der Waals surface area contributed by atoms with Crippen LogP contribution in [0.15, 0.2) is 83.6 Å². The number of hydrogen-bond acceptors (Lipinski definition) is 5. The molecule has 0 saturated carbocycles. The molecule has 2 amide bonds. The van der Waals surface area contributed by atoms with Crippen molar-refractivity contribution >= 4 is 47.1 Å². The number of carbonyl (C=O) groups is 2. The fourth-order valence-corrected chi connectivity index (χ4v) is 3.84. The van der Waals surface area contributed by atoms with Gasteiger partial charge in [-0.3, -0.25) is 9.59 Å². The molecule has 3 aromatic rings. The minimum absolute atomic E-state index is 0.0385. The van der Waals surface area contributed by atoms with E-state index in [4.69, 9.17) is 11.6 Å². The molecule has 192 valence electrons. The van der Waals surface area contributed by atoms with Crippen molar-refractivity contribution in [2.75, 3.05) is 37.0 Å². The lowest BCUT2D eigenvalue weighted by molar-refractivity contribution is -0.117. The lowest BCUT2D eigenvalue weighted by atomic mass is 10.1. The van der Waals surface area contributed by atoms with Gasteiger partial charge in [-0.25, -0.2) is 5.43 Å². The maximum absolute atomic E-state index is 13.0. The second-order valence-electron chi connectivity index (χ2n) is 8.44. The number of benzene rings is 3. The van der Waals surface area contributed by atoms with E-state index in [1.807, 2.05) is 67.5 Å². The zero-order valence-electron chi connectivity index (χ0n) is 21.5. The van der Waals surface area contributed by atoms with Crippen molar-refractivity contribution in [1.29, 1.82) is 0 Å². The van der Waals surface area contributed by atoms with Crippen molar-refractivity contribution in [1.82, 2.24) is 10.7 Å². The Kier molecular flexibility index (Phi) is 9.86. The van der Waals surface area contributed by atoms with E-state index >= 15 is 0 Å². The van der Waals surface area contributed by atoms with Gasteiger partial charge in [0.2, 0.25) is 0 Å². The van der Waals surface area contributed by atoms with Crippen molar-refractivity contribution in [2.45, 2.75) is 13.8 Å². The SMILES string of the molecule is CCN(CC)c1ccc(/C=N/NC(=O)/C(=C\c2ccc(N(C)C)cc2)NC(=O)c2ccccc2Cl)cc1. The number of amides is 2. The third-order valence-corrected chi connectivity index (χ3v) is 6.06. The van der Waals surface area contributed by atoms with Crippen LogP contribution < -0.4 is 20.5 Å². The van der Waals surface area contributed by atoms with Crippen LogP contribution in [0.3, 0.4) is 0 Å². The summed E-state index contributed by atoms with van der Waals surface area (Å²) in [7, 11) is 3.89. The van der Waals surface area contributed by atoms with Crippen LogP contribution in [0.5, 0.6) is 0 Å². The molecule has 0 fully saturated rings. The van der Waals surface area contributed by atoms with Gasteiger partial charge in [0, 0.05) is 38.6 Å². The number of anilines is 2. The molecule has 0 bridgehead atoms. The van der Waals surface area contributed by atoms with Crippen LogP contribution in [0, 0.1) is 0 Å². The van der Waals surface area contributed by atoms with Crippen LogP contribution >= 0.6 is 11.6 Å². The molecular weight excluding hydrogens is 486 g/mol. The molecule has 7 nitrogen and oxygen atoms in total. The van der Waals surface area contributed by atoms with E-state index in [0.717, 1.165) is 35.6 Å². The van der Waals surface area contributed by atoms with Gasteiger partial charge in [-0.05, 0) is 67.4 Å². The summed E-state index contributed by atoms with van der Waals surface area (Å²) in [6, 6.07) is 22.2. The van der Waals surface area contributed by atoms with Gasteiger partial charge in [0.05, 0.1) is 16.8 Å². The van der Waals surface area contributed by atoms with Crippen LogP contribution in [0.2, 0.25) is 5.02 Å². The molecule has 0 unspecified atom stereocenters. The van der Waals surface area contributed by atoms with E-state index < -0.39 is 11.8 Å². The highest BCUT2D eigenvalue weighted by atomic mass is 35.5. The van der Waals surface area contributed by atoms with Crippen LogP contribution in [-0.4, -0.2) is 45.2 Å². The molecule has 0 atom stereocenters. The molecule has 0 saturated heterocycles. The van der Waals surface area contributed by atoms with Crippen LogP contribution in [-0.2, 0) is 4.79 Å². The number of rotatable bonds is 10. The van der Waals surface area contributed by atoms with Crippen molar-refractivity contribution in [3.63, 3.8) is 0 Å². The molecule has 37 heavy (non-hydrogen) atoms. The second-order valence-corrected chi connectivity index (χ2v) is 8.85. The number of nitrogens with zero attached hydrogens (tertiary/aromatic N) is 3. The van der Waals surface area contributed by atoms with Gasteiger partial charge in [-0.1, -0.05) is 48.0 Å². The summed E-state index contributed by atoms with van der Waals surface area (Å²) in [5.74, 6) is -1.05. The first-order chi connectivity index (χ1) is 17.8. The Morgan fingerprint density at radius 2 is 1.46 bits per heavy atom. The van der Waals surface area contributed by atoms with Gasteiger partial charge in [0.1, 0.15) is 5.70 Å². The van der Waals surface area contributed by atoms with E-state index in [2.05, 4.69) is 34.6 Å². The largest absolute Gasteiger partial charge is 0.378 e. The maximum Gasteiger partial charge on any atom is 0.287 e. The zero-order chi connectivity index (χ0) is 26.8. The van der Waals surface area contributed by atoms with Crippen molar-refractivity contribution in [2.24, 2.45) is 5.10 Å². The molecule has 3 aromatic carbocycles. The number of hydrazone groups is 1. The van der Waals surface area contributed by atoms with Crippen LogP contribution in [0.25, 0.3) is 6.08 Å². The Bertz CT molecular complexity index is 1260. The molecule has 8 heteroatoms. The highest BCUT2D eigenvalue weighted by Gasteiger charge is 2.16. The van der Waals surface area contributed by atoms with Crippen LogP contribution in [0.4, 0.5) is 11.4 Å². The van der Waals surface area contributed by atoms with Gasteiger partial charge < -0.3 is 15.1 Å². The molecular formula is C29H32ClN5O2. The third-order valence-electron chi connectivity index (χ3n) is 5.73. The number of nitrogens with one attached hydrogen (secondary N) is 2. The first kappa shape index (κ1) is 27.5.